The van der Waals surface area contributed by atoms with Crippen molar-refractivity contribution in [3.8, 4) is 39.1 Å². The van der Waals surface area contributed by atoms with Crippen LogP contribution in [0.15, 0.2) is 164 Å². The first-order chi connectivity index (χ1) is 24.6. The monoisotopic (exact) mass is 641 g/mol. The number of para-hydroxylation sites is 2. The Bertz CT molecular complexity index is 2630. The number of benzene rings is 7. The summed E-state index contributed by atoms with van der Waals surface area (Å²) in [6, 6.07) is 53.3. The number of carbonyl (C=O) groups is 2. The number of amides is 2. The van der Waals surface area contributed by atoms with Crippen LogP contribution in [0.5, 0.6) is 0 Å². The van der Waals surface area contributed by atoms with Gasteiger partial charge in [-0.25, -0.2) is 9.74 Å². The molecule has 0 spiro atoms. The predicted octanol–water partition coefficient (Wildman–Crippen LogP) is 11.1. The van der Waals surface area contributed by atoms with Crippen molar-refractivity contribution in [2.75, 3.05) is 4.90 Å². The van der Waals surface area contributed by atoms with Crippen LogP contribution in [-0.2, 0) is 0 Å². The van der Waals surface area contributed by atoms with E-state index in [0.29, 0.717) is 28.2 Å². The largest absolute Gasteiger partial charge is 0.308 e. The molecule has 0 aliphatic carbocycles. The van der Waals surface area contributed by atoms with Crippen molar-refractivity contribution in [2.24, 2.45) is 0 Å². The highest BCUT2D eigenvalue weighted by atomic mass is 16.2. The van der Waals surface area contributed by atoms with Crippen molar-refractivity contribution in [3.63, 3.8) is 0 Å². The van der Waals surface area contributed by atoms with Crippen molar-refractivity contribution in [2.45, 2.75) is 0 Å². The van der Waals surface area contributed by atoms with Crippen molar-refractivity contribution < 1.29 is 9.59 Å². The second-order valence-electron chi connectivity index (χ2n) is 12.3. The topological polar surface area (TPSA) is 46.7 Å². The van der Waals surface area contributed by atoms with Crippen LogP contribution in [0.2, 0.25) is 0 Å². The molecule has 0 N–H and O–H groups in total. The first-order valence-electron chi connectivity index (χ1n) is 16.4. The number of fused-ring (bicyclic) bond motifs is 4. The van der Waals surface area contributed by atoms with Gasteiger partial charge in [-0.2, -0.15) is 0 Å². The van der Waals surface area contributed by atoms with Gasteiger partial charge >= 0.3 is 0 Å². The fraction of sp³-hybridized carbons (Fsp3) is 0. The van der Waals surface area contributed by atoms with Crippen LogP contribution >= 0.6 is 0 Å². The van der Waals surface area contributed by atoms with E-state index in [1.165, 1.54) is 4.90 Å². The average molecular weight is 642 g/mol. The quantitative estimate of drug-likeness (QED) is 0.139. The first kappa shape index (κ1) is 29.1. The summed E-state index contributed by atoms with van der Waals surface area (Å²) in [4.78, 5) is 34.5. The molecule has 1 aromatic heterocycles. The van der Waals surface area contributed by atoms with Gasteiger partial charge in [0.25, 0.3) is 11.8 Å². The molecule has 0 saturated carbocycles. The van der Waals surface area contributed by atoms with Crippen LogP contribution in [0.25, 0.3) is 65.7 Å². The summed E-state index contributed by atoms with van der Waals surface area (Å²) >= 11 is 0. The third kappa shape index (κ3) is 4.47. The van der Waals surface area contributed by atoms with E-state index in [-0.39, 0.29) is 11.8 Å². The first-order valence-corrected chi connectivity index (χ1v) is 16.4. The maximum atomic E-state index is 15.0. The molecule has 0 saturated heterocycles. The number of anilines is 1. The molecule has 0 unspecified atom stereocenters. The van der Waals surface area contributed by atoms with Crippen LogP contribution in [-0.4, -0.2) is 16.4 Å². The lowest BCUT2D eigenvalue weighted by molar-refractivity contribution is 0.0926. The third-order valence-corrected chi connectivity index (χ3v) is 9.57. The highest BCUT2D eigenvalue weighted by molar-refractivity contribution is 6.37. The second kappa shape index (κ2) is 11.6. The van der Waals surface area contributed by atoms with E-state index in [1.54, 1.807) is 6.07 Å². The van der Waals surface area contributed by atoms with Crippen molar-refractivity contribution in [1.29, 1.82) is 0 Å². The van der Waals surface area contributed by atoms with Crippen LogP contribution in [0.3, 0.4) is 0 Å². The minimum Gasteiger partial charge on any atom is -0.308 e. The highest BCUT2D eigenvalue weighted by Crippen LogP contribution is 2.45. The molecule has 8 aromatic rings. The second-order valence-corrected chi connectivity index (χ2v) is 12.3. The fourth-order valence-electron chi connectivity index (χ4n) is 7.28. The van der Waals surface area contributed by atoms with E-state index in [9.17, 15) is 9.59 Å². The molecule has 50 heavy (non-hydrogen) atoms. The van der Waals surface area contributed by atoms with Gasteiger partial charge in [0, 0.05) is 21.9 Å². The molecule has 2 heterocycles. The number of imide groups is 1. The Labute approximate surface area is 288 Å². The van der Waals surface area contributed by atoms with Crippen LogP contribution in [0.1, 0.15) is 20.7 Å². The van der Waals surface area contributed by atoms with Crippen molar-refractivity contribution >= 4 is 45.0 Å². The van der Waals surface area contributed by atoms with Gasteiger partial charge in [0.15, 0.2) is 5.69 Å². The van der Waals surface area contributed by atoms with E-state index in [1.807, 2.05) is 127 Å². The number of aromatic nitrogens is 1. The summed E-state index contributed by atoms with van der Waals surface area (Å²) in [6.45, 7) is 7.35. The SMILES string of the molecule is [C-]#[N+]c1ccc(-c2ccc3c4ccccc4n(-c4cccc5c4C(=O)N(c4c(-c6ccccc6)cccc4-c4ccccc4)C5=O)c3c2)cc1. The van der Waals surface area contributed by atoms with Gasteiger partial charge in [-0.05, 0) is 46.5 Å². The molecule has 0 bridgehead atoms. The summed E-state index contributed by atoms with van der Waals surface area (Å²) < 4.78 is 2.11. The number of nitrogens with zero attached hydrogens (tertiary/aromatic N) is 3. The average Bonchev–Trinajstić information content (AvgIpc) is 3.65. The van der Waals surface area contributed by atoms with E-state index in [2.05, 4.69) is 39.7 Å². The summed E-state index contributed by atoms with van der Waals surface area (Å²) in [5.41, 5.74) is 9.78. The minimum atomic E-state index is -0.363. The van der Waals surface area contributed by atoms with E-state index < -0.39 is 0 Å². The fourth-order valence-corrected chi connectivity index (χ4v) is 7.28. The van der Waals surface area contributed by atoms with Crippen LogP contribution in [0.4, 0.5) is 11.4 Å². The van der Waals surface area contributed by atoms with Gasteiger partial charge in [-0.15, -0.1) is 0 Å². The predicted molar refractivity (Wildman–Crippen MR) is 201 cm³/mol. The smallest absolute Gasteiger partial charge is 0.268 e. The molecule has 0 fully saturated rings. The minimum absolute atomic E-state index is 0.353. The molecule has 5 heteroatoms. The van der Waals surface area contributed by atoms with Crippen molar-refractivity contribution in [1.82, 2.24) is 4.57 Å². The van der Waals surface area contributed by atoms with E-state index in [4.69, 9.17) is 6.57 Å². The van der Waals surface area contributed by atoms with Gasteiger partial charge in [0.1, 0.15) is 0 Å². The zero-order chi connectivity index (χ0) is 33.8. The van der Waals surface area contributed by atoms with E-state index in [0.717, 1.165) is 55.2 Å². The lowest BCUT2D eigenvalue weighted by atomic mass is 9.95. The zero-order valence-electron chi connectivity index (χ0n) is 26.7. The number of hydrogen-bond donors (Lipinski definition) is 0. The molecule has 0 atom stereocenters. The summed E-state index contributed by atoms with van der Waals surface area (Å²) in [5, 5.41) is 2.08. The molecule has 9 rings (SSSR count). The summed E-state index contributed by atoms with van der Waals surface area (Å²) in [5.74, 6) is -0.716. The Morgan fingerprint density at radius 1 is 0.460 bits per heavy atom. The molecule has 7 aromatic carbocycles. The maximum Gasteiger partial charge on any atom is 0.268 e. The van der Waals surface area contributed by atoms with E-state index >= 15 is 0 Å². The van der Waals surface area contributed by atoms with Crippen molar-refractivity contribution in [3.05, 3.63) is 186 Å². The van der Waals surface area contributed by atoms with Gasteiger partial charge < -0.3 is 4.57 Å². The van der Waals surface area contributed by atoms with Crippen LogP contribution < -0.4 is 4.90 Å². The summed E-state index contributed by atoms with van der Waals surface area (Å²) in [6.07, 6.45) is 0. The standard InChI is InChI=1S/C45H27N3O2/c1-46-33-25-22-29(23-26-33)32-24-27-37-36-16-8-9-20-39(36)47(41(37)28-32)40-21-11-19-38-42(40)45(50)48(44(38)49)43-34(30-12-4-2-5-13-30)17-10-18-35(43)31-14-6-3-7-15-31/h2-28H. The molecule has 0 radical (unpaired) electrons. The lowest BCUT2D eigenvalue weighted by Crippen LogP contribution is -2.30. The molecule has 234 valence electrons. The summed E-state index contributed by atoms with van der Waals surface area (Å²) in [7, 11) is 0. The Morgan fingerprint density at radius 2 is 1.04 bits per heavy atom. The molecule has 2 amide bonds. The molecular weight excluding hydrogens is 615 g/mol. The third-order valence-electron chi connectivity index (χ3n) is 9.57. The highest BCUT2D eigenvalue weighted by Gasteiger charge is 2.41. The van der Waals surface area contributed by atoms with Gasteiger partial charge in [-0.1, -0.05) is 140 Å². The molecular formula is C45H27N3O2. The van der Waals surface area contributed by atoms with Gasteiger partial charge in [0.2, 0.25) is 0 Å². The number of rotatable bonds is 5. The Balaban J connectivity index is 1.27. The molecule has 5 nitrogen and oxygen atoms in total. The molecule has 1 aliphatic heterocycles. The molecule has 1 aliphatic rings. The number of carbonyl (C=O) groups excluding carboxylic acids is 2. The Hall–Kier alpha value is -7.03. The Morgan fingerprint density at radius 3 is 1.72 bits per heavy atom. The number of hydrogen-bond acceptors (Lipinski definition) is 2. The Kier molecular flexibility index (Phi) is 6.75. The van der Waals surface area contributed by atoms with Crippen LogP contribution in [0, 0.1) is 6.57 Å². The maximum absolute atomic E-state index is 15.0. The normalized spacial score (nSPS) is 12.4. The zero-order valence-corrected chi connectivity index (χ0v) is 26.7. The van der Waals surface area contributed by atoms with Gasteiger partial charge in [0.05, 0.1) is 40.1 Å². The lowest BCUT2D eigenvalue weighted by Gasteiger charge is -2.23. The van der Waals surface area contributed by atoms with Gasteiger partial charge in [-0.3, -0.25) is 9.59 Å².